The summed E-state index contributed by atoms with van der Waals surface area (Å²) in [4.78, 5) is 22.8. The molecule has 144 valence electrons. The number of nitro groups is 1. The molecule has 0 saturated heterocycles. The molecule has 28 heavy (non-hydrogen) atoms. The summed E-state index contributed by atoms with van der Waals surface area (Å²) in [6.07, 6.45) is 1.54. The van der Waals surface area contributed by atoms with Crippen molar-refractivity contribution in [2.45, 2.75) is 6.73 Å². The van der Waals surface area contributed by atoms with Crippen molar-refractivity contribution in [3.8, 4) is 5.75 Å². The number of carbonyl (C=O) groups is 1. The summed E-state index contributed by atoms with van der Waals surface area (Å²) >= 11 is 15.1. The Balaban J connectivity index is 1.68. The summed E-state index contributed by atoms with van der Waals surface area (Å²) in [5, 5.41) is 18.3. The van der Waals surface area contributed by atoms with Crippen LogP contribution in [0.15, 0.2) is 53.1 Å². The fraction of sp³-hybridized carbons (Fsp3) is 0.0588. The van der Waals surface area contributed by atoms with Gasteiger partial charge in [-0.2, -0.15) is 5.10 Å². The molecule has 0 fully saturated rings. The van der Waals surface area contributed by atoms with Gasteiger partial charge in [0.05, 0.1) is 9.95 Å². The second kappa shape index (κ2) is 8.59. The van der Waals surface area contributed by atoms with Crippen molar-refractivity contribution in [1.82, 2.24) is 9.78 Å². The second-order valence-electron chi connectivity index (χ2n) is 5.46. The number of amides is 1. The summed E-state index contributed by atoms with van der Waals surface area (Å²) in [5.41, 5.74) is -0.227. The molecule has 3 aromatic rings. The van der Waals surface area contributed by atoms with Crippen molar-refractivity contribution in [3.05, 3.63) is 79.0 Å². The van der Waals surface area contributed by atoms with Crippen LogP contribution < -0.4 is 10.1 Å². The molecule has 0 saturated carbocycles. The molecular formula is C17H11BrCl2N4O4. The Kier molecular flexibility index (Phi) is 6.18. The first-order valence-corrected chi connectivity index (χ1v) is 9.25. The molecule has 0 atom stereocenters. The molecule has 0 unspecified atom stereocenters. The highest BCUT2D eigenvalue weighted by molar-refractivity contribution is 9.10. The van der Waals surface area contributed by atoms with E-state index >= 15 is 0 Å². The van der Waals surface area contributed by atoms with Gasteiger partial charge >= 0.3 is 0 Å². The third-order valence-corrected chi connectivity index (χ3v) is 4.55. The number of ether oxygens (including phenoxy) is 1. The number of nitrogens with zero attached hydrogens (tertiary/aromatic N) is 3. The number of halogens is 3. The predicted molar refractivity (Wildman–Crippen MR) is 108 cm³/mol. The molecule has 0 bridgehead atoms. The highest BCUT2D eigenvalue weighted by atomic mass is 79.9. The zero-order valence-electron chi connectivity index (χ0n) is 13.9. The summed E-state index contributed by atoms with van der Waals surface area (Å²) in [6.45, 7) is 0.0235. The highest BCUT2D eigenvalue weighted by Crippen LogP contribution is 2.29. The van der Waals surface area contributed by atoms with E-state index in [1.807, 2.05) is 0 Å². The Morgan fingerprint density at radius 3 is 2.75 bits per heavy atom. The van der Waals surface area contributed by atoms with Crippen LogP contribution in [-0.2, 0) is 6.73 Å². The number of nitro benzene ring substituents is 1. The predicted octanol–water partition coefficient (Wildman–Crippen LogP) is 5.15. The van der Waals surface area contributed by atoms with E-state index in [9.17, 15) is 14.9 Å². The van der Waals surface area contributed by atoms with Gasteiger partial charge in [0.25, 0.3) is 11.6 Å². The van der Waals surface area contributed by atoms with Crippen molar-refractivity contribution in [2.75, 3.05) is 5.32 Å². The van der Waals surface area contributed by atoms with E-state index in [4.69, 9.17) is 27.9 Å². The zero-order valence-corrected chi connectivity index (χ0v) is 17.0. The Morgan fingerprint density at radius 1 is 1.25 bits per heavy atom. The van der Waals surface area contributed by atoms with E-state index in [1.165, 1.54) is 29.1 Å². The number of nitrogens with one attached hydrogen (secondary N) is 1. The van der Waals surface area contributed by atoms with Crippen molar-refractivity contribution >= 4 is 56.4 Å². The molecular weight excluding hydrogens is 475 g/mol. The summed E-state index contributed by atoms with van der Waals surface area (Å²) in [5.74, 6) is -0.144. The molecule has 0 aliphatic carbocycles. The number of anilines is 1. The summed E-state index contributed by atoms with van der Waals surface area (Å²) in [7, 11) is 0. The standard InChI is InChI=1S/C17H11BrCl2N4O4/c18-10-1-4-16(12(20)7-10)28-9-23-6-5-14(22-23)17(25)21-13-3-2-11(19)8-15(13)24(26)27/h1-8H,9H2,(H,21,25). The van der Waals surface area contributed by atoms with Gasteiger partial charge in [0.1, 0.15) is 11.4 Å². The second-order valence-corrected chi connectivity index (χ2v) is 7.22. The third kappa shape index (κ3) is 4.80. The average molecular weight is 486 g/mol. The fourth-order valence-electron chi connectivity index (χ4n) is 2.23. The minimum atomic E-state index is -0.629. The lowest BCUT2D eigenvalue weighted by molar-refractivity contribution is -0.383. The molecule has 8 nitrogen and oxygen atoms in total. The van der Waals surface area contributed by atoms with Crippen molar-refractivity contribution in [3.63, 3.8) is 0 Å². The molecule has 1 heterocycles. The maximum absolute atomic E-state index is 12.3. The van der Waals surface area contributed by atoms with Crippen LogP contribution in [0.25, 0.3) is 0 Å². The molecule has 0 aliphatic heterocycles. The van der Waals surface area contributed by atoms with Crippen LogP contribution in [0.2, 0.25) is 10.0 Å². The Labute approximate surface area is 177 Å². The van der Waals surface area contributed by atoms with Crippen LogP contribution in [0, 0.1) is 10.1 Å². The molecule has 11 heteroatoms. The van der Waals surface area contributed by atoms with E-state index in [2.05, 4.69) is 26.3 Å². The smallest absolute Gasteiger partial charge is 0.294 e. The lowest BCUT2D eigenvalue weighted by Crippen LogP contribution is -2.15. The Bertz CT molecular complexity index is 1060. The highest BCUT2D eigenvalue weighted by Gasteiger charge is 2.18. The van der Waals surface area contributed by atoms with Gasteiger partial charge in [0.15, 0.2) is 12.4 Å². The Hall–Kier alpha value is -2.62. The maximum Gasteiger partial charge on any atom is 0.294 e. The average Bonchev–Trinajstić information content (AvgIpc) is 3.11. The number of hydrogen-bond donors (Lipinski definition) is 1. The van der Waals surface area contributed by atoms with Gasteiger partial charge in [-0.05, 0) is 36.4 Å². The molecule has 0 aliphatic rings. The SMILES string of the molecule is O=C(Nc1ccc(Cl)cc1[N+](=O)[O-])c1ccn(COc2ccc(Br)cc2Cl)n1. The first-order chi connectivity index (χ1) is 13.3. The van der Waals surface area contributed by atoms with Gasteiger partial charge in [-0.3, -0.25) is 14.9 Å². The van der Waals surface area contributed by atoms with Crippen LogP contribution in [0.4, 0.5) is 11.4 Å². The molecule has 1 aromatic heterocycles. The van der Waals surface area contributed by atoms with Crippen LogP contribution in [0.3, 0.4) is 0 Å². The van der Waals surface area contributed by atoms with E-state index in [0.717, 1.165) is 10.5 Å². The molecule has 1 N–H and O–H groups in total. The minimum Gasteiger partial charge on any atom is -0.470 e. The fourth-order valence-corrected chi connectivity index (χ4v) is 3.12. The van der Waals surface area contributed by atoms with Gasteiger partial charge in [-0.15, -0.1) is 0 Å². The third-order valence-electron chi connectivity index (χ3n) is 3.52. The molecule has 0 radical (unpaired) electrons. The van der Waals surface area contributed by atoms with Gasteiger partial charge in [0, 0.05) is 21.8 Å². The first-order valence-electron chi connectivity index (χ1n) is 7.70. The lowest BCUT2D eigenvalue weighted by atomic mass is 10.2. The van der Waals surface area contributed by atoms with Gasteiger partial charge < -0.3 is 10.1 Å². The van der Waals surface area contributed by atoms with Crippen LogP contribution >= 0.6 is 39.1 Å². The number of hydrogen-bond acceptors (Lipinski definition) is 5. The monoisotopic (exact) mass is 484 g/mol. The van der Waals surface area contributed by atoms with E-state index in [1.54, 1.807) is 18.2 Å². The number of benzene rings is 2. The van der Waals surface area contributed by atoms with E-state index < -0.39 is 10.8 Å². The minimum absolute atomic E-state index is 0.0202. The molecule has 2 aromatic carbocycles. The van der Waals surface area contributed by atoms with E-state index in [0.29, 0.717) is 10.8 Å². The topological polar surface area (TPSA) is 99.3 Å². The van der Waals surface area contributed by atoms with Gasteiger partial charge in [-0.1, -0.05) is 39.1 Å². The number of aromatic nitrogens is 2. The zero-order chi connectivity index (χ0) is 20.3. The summed E-state index contributed by atoms with van der Waals surface area (Å²) in [6, 6.07) is 10.6. The van der Waals surface area contributed by atoms with Gasteiger partial charge in [-0.25, -0.2) is 4.68 Å². The number of carbonyl (C=O) groups excluding carboxylic acids is 1. The molecule has 0 spiro atoms. The lowest BCUT2D eigenvalue weighted by Gasteiger charge is -2.08. The largest absolute Gasteiger partial charge is 0.470 e. The van der Waals surface area contributed by atoms with Crippen LogP contribution in [-0.4, -0.2) is 20.6 Å². The first kappa shape index (κ1) is 20.1. The number of rotatable bonds is 6. The van der Waals surface area contributed by atoms with E-state index in [-0.39, 0.29) is 28.8 Å². The van der Waals surface area contributed by atoms with Crippen molar-refractivity contribution in [1.29, 1.82) is 0 Å². The van der Waals surface area contributed by atoms with Crippen LogP contribution in [0.5, 0.6) is 5.75 Å². The van der Waals surface area contributed by atoms with Crippen LogP contribution in [0.1, 0.15) is 10.5 Å². The molecule has 1 amide bonds. The summed E-state index contributed by atoms with van der Waals surface area (Å²) < 4.78 is 7.78. The van der Waals surface area contributed by atoms with Crippen molar-refractivity contribution < 1.29 is 14.5 Å². The Morgan fingerprint density at radius 2 is 2.04 bits per heavy atom. The maximum atomic E-state index is 12.3. The quantitative estimate of drug-likeness (QED) is 0.384. The van der Waals surface area contributed by atoms with Gasteiger partial charge in [0.2, 0.25) is 0 Å². The van der Waals surface area contributed by atoms with Crippen molar-refractivity contribution in [2.24, 2.45) is 0 Å². The normalized spacial score (nSPS) is 10.5. The molecule has 3 rings (SSSR count).